The molecule has 0 unspecified atom stereocenters. The zero-order chi connectivity index (χ0) is 15.9. The Morgan fingerprint density at radius 2 is 2.05 bits per heavy atom. The van der Waals surface area contributed by atoms with E-state index in [2.05, 4.69) is 10.5 Å². The number of amides is 1. The first-order chi connectivity index (χ1) is 9.85. The van der Waals surface area contributed by atoms with Crippen LogP contribution in [-0.2, 0) is 4.74 Å². The molecule has 0 heterocycles. The van der Waals surface area contributed by atoms with Crippen molar-refractivity contribution in [1.82, 2.24) is 5.43 Å². The molecule has 1 aromatic rings. The number of nitrogens with one attached hydrogen (secondary N) is 1. The summed E-state index contributed by atoms with van der Waals surface area (Å²) in [6.07, 6.45) is 0.902. The largest absolute Gasteiger partial charge is 0.493 e. The predicted molar refractivity (Wildman–Crippen MR) is 81.1 cm³/mol. The van der Waals surface area contributed by atoms with Crippen molar-refractivity contribution in [2.45, 2.75) is 33.3 Å². The lowest BCUT2D eigenvalue weighted by atomic mass is 10.2. The van der Waals surface area contributed by atoms with E-state index in [0.29, 0.717) is 18.1 Å². The van der Waals surface area contributed by atoms with Crippen molar-refractivity contribution in [3.05, 3.63) is 23.8 Å². The quantitative estimate of drug-likeness (QED) is 0.669. The molecule has 0 aliphatic rings. The fraction of sp³-hybridized carbons (Fsp3) is 0.467. The van der Waals surface area contributed by atoms with Crippen molar-refractivity contribution in [3.63, 3.8) is 0 Å². The molecule has 0 saturated heterocycles. The first-order valence-electron chi connectivity index (χ1n) is 6.68. The molecule has 0 aromatic heterocycles. The fourth-order valence-electron chi connectivity index (χ4n) is 1.50. The average molecular weight is 294 g/mol. The maximum Gasteiger partial charge on any atom is 0.428 e. The first kappa shape index (κ1) is 16.8. The standard InChI is InChI=1S/C15H22N2O4/c1-6-20-12-8-7-11(9-13(12)19-5)10-16-17-14(18)21-15(2,3)4/h7-10H,6H2,1-5H3,(H,17,18)/b16-10+. The van der Waals surface area contributed by atoms with E-state index in [1.165, 1.54) is 6.21 Å². The highest BCUT2D eigenvalue weighted by atomic mass is 16.6. The maximum absolute atomic E-state index is 11.4. The summed E-state index contributed by atoms with van der Waals surface area (Å²) < 4.78 is 15.7. The van der Waals surface area contributed by atoms with Gasteiger partial charge in [0.2, 0.25) is 0 Å². The van der Waals surface area contributed by atoms with Crippen LogP contribution in [-0.4, -0.2) is 31.6 Å². The van der Waals surface area contributed by atoms with Gasteiger partial charge in [0.25, 0.3) is 0 Å². The smallest absolute Gasteiger partial charge is 0.428 e. The van der Waals surface area contributed by atoms with Gasteiger partial charge in [0.15, 0.2) is 11.5 Å². The zero-order valence-electron chi connectivity index (χ0n) is 13.1. The van der Waals surface area contributed by atoms with Crippen LogP contribution in [0, 0.1) is 0 Å². The van der Waals surface area contributed by atoms with Crippen molar-refractivity contribution < 1.29 is 19.0 Å². The third-order valence-electron chi connectivity index (χ3n) is 2.26. The number of hydrogen-bond donors (Lipinski definition) is 1. The highest BCUT2D eigenvalue weighted by Gasteiger charge is 2.15. The van der Waals surface area contributed by atoms with Crippen LogP contribution >= 0.6 is 0 Å². The number of carbonyl (C=O) groups excluding carboxylic acids is 1. The van der Waals surface area contributed by atoms with E-state index in [-0.39, 0.29) is 0 Å². The van der Waals surface area contributed by atoms with Crippen molar-refractivity contribution in [2.75, 3.05) is 13.7 Å². The van der Waals surface area contributed by atoms with Gasteiger partial charge in [-0.15, -0.1) is 0 Å². The van der Waals surface area contributed by atoms with Gasteiger partial charge < -0.3 is 14.2 Å². The molecule has 6 heteroatoms. The maximum atomic E-state index is 11.4. The molecule has 0 bridgehead atoms. The van der Waals surface area contributed by atoms with Crippen molar-refractivity contribution in [2.24, 2.45) is 5.10 Å². The van der Waals surface area contributed by atoms with Crippen LogP contribution in [0.4, 0.5) is 4.79 Å². The second kappa shape index (κ2) is 7.52. The predicted octanol–water partition coefficient (Wildman–Crippen LogP) is 2.95. The third kappa shape index (κ3) is 6.16. The SMILES string of the molecule is CCOc1ccc(/C=N/NC(=O)OC(C)(C)C)cc1OC. The van der Waals surface area contributed by atoms with Gasteiger partial charge >= 0.3 is 6.09 Å². The summed E-state index contributed by atoms with van der Waals surface area (Å²) in [5.74, 6) is 1.27. The topological polar surface area (TPSA) is 69.2 Å². The Morgan fingerprint density at radius 1 is 1.33 bits per heavy atom. The number of nitrogens with zero attached hydrogens (tertiary/aromatic N) is 1. The molecule has 116 valence electrons. The lowest BCUT2D eigenvalue weighted by molar-refractivity contribution is 0.0529. The summed E-state index contributed by atoms with van der Waals surface area (Å²) in [4.78, 5) is 11.4. The number of ether oxygens (including phenoxy) is 3. The minimum Gasteiger partial charge on any atom is -0.493 e. The van der Waals surface area contributed by atoms with Crippen LogP contribution in [0.25, 0.3) is 0 Å². The van der Waals surface area contributed by atoms with E-state index in [9.17, 15) is 4.79 Å². The van der Waals surface area contributed by atoms with Gasteiger partial charge in [0, 0.05) is 0 Å². The highest BCUT2D eigenvalue weighted by molar-refractivity contribution is 5.82. The van der Waals surface area contributed by atoms with E-state index in [0.717, 1.165) is 5.56 Å². The Labute approximate surface area is 125 Å². The molecule has 1 rings (SSSR count). The molecule has 0 saturated carbocycles. The van der Waals surface area contributed by atoms with Crippen molar-refractivity contribution in [1.29, 1.82) is 0 Å². The number of hydrazone groups is 1. The summed E-state index contributed by atoms with van der Waals surface area (Å²) in [5, 5.41) is 3.83. The molecule has 0 radical (unpaired) electrons. The van der Waals surface area contributed by atoms with Gasteiger partial charge in [-0.3, -0.25) is 0 Å². The molecular formula is C15H22N2O4. The van der Waals surface area contributed by atoms with Crippen LogP contribution in [0.15, 0.2) is 23.3 Å². The van der Waals surface area contributed by atoms with Crippen LogP contribution in [0.3, 0.4) is 0 Å². The minimum atomic E-state index is -0.600. The number of carbonyl (C=O) groups is 1. The zero-order valence-corrected chi connectivity index (χ0v) is 13.1. The molecule has 0 aliphatic heterocycles. The summed E-state index contributed by atoms with van der Waals surface area (Å²) >= 11 is 0. The summed E-state index contributed by atoms with van der Waals surface area (Å²) in [6, 6.07) is 5.37. The molecule has 0 atom stereocenters. The summed E-state index contributed by atoms with van der Waals surface area (Å²) in [7, 11) is 1.57. The van der Waals surface area contributed by atoms with Gasteiger partial charge in [-0.05, 0) is 51.5 Å². The summed E-state index contributed by atoms with van der Waals surface area (Å²) in [5.41, 5.74) is 2.52. The van der Waals surface area contributed by atoms with Crippen LogP contribution in [0.2, 0.25) is 0 Å². The molecule has 0 aliphatic carbocycles. The molecule has 0 spiro atoms. The third-order valence-corrected chi connectivity index (χ3v) is 2.26. The Morgan fingerprint density at radius 3 is 2.62 bits per heavy atom. The van der Waals surface area contributed by atoms with Crippen molar-refractivity contribution in [3.8, 4) is 11.5 Å². The van der Waals surface area contributed by atoms with Crippen LogP contribution in [0.5, 0.6) is 11.5 Å². The Balaban J connectivity index is 2.66. The average Bonchev–Trinajstić information content (AvgIpc) is 2.38. The normalized spacial score (nSPS) is 11.3. The molecule has 6 nitrogen and oxygen atoms in total. The Bertz CT molecular complexity index is 507. The van der Waals surface area contributed by atoms with E-state index in [4.69, 9.17) is 14.2 Å². The lowest BCUT2D eigenvalue weighted by Crippen LogP contribution is -2.29. The Kier molecular flexibility index (Phi) is 6.02. The molecule has 21 heavy (non-hydrogen) atoms. The van der Waals surface area contributed by atoms with Gasteiger partial charge in [0.05, 0.1) is 19.9 Å². The van der Waals surface area contributed by atoms with Gasteiger partial charge in [-0.25, -0.2) is 10.2 Å². The second-order valence-corrected chi connectivity index (χ2v) is 5.22. The van der Waals surface area contributed by atoms with Gasteiger partial charge in [0.1, 0.15) is 5.60 Å². The van der Waals surface area contributed by atoms with Crippen LogP contribution in [0.1, 0.15) is 33.3 Å². The lowest BCUT2D eigenvalue weighted by Gasteiger charge is -2.18. The number of hydrogen-bond acceptors (Lipinski definition) is 5. The Hall–Kier alpha value is -2.24. The molecule has 1 N–H and O–H groups in total. The molecule has 1 aromatic carbocycles. The highest BCUT2D eigenvalue weighted by Crippen LogP contribution is 2.27. The van der Waals surface area contributed by atoms with Gasteiger partial charge in [-0.2, -0.15) is 5.10 Å². The van der Waals surface area contributed by atoms with E-state index in [1.54, 1.807) is 40.0 Å². The summed E-state index contributed by atoms with van der Waals surface area (Å²) in [6.45, 7) is 7.82. The molecular weight excluding hydrogens is 272 g/mol. The number of rotatable bonds is 5. The monoisotopic (exact) mass is 294 g/mol. The minimum absolute atomic E-state index is 0.554. The van der Waals surface area contributed by atoms with E-state index < -0.39 is 11.7 Å². The fourth-order valence-corrected chi connectivity index (χ4v) is 1.50. The molecule has 1 amide bonds. The second-order valence-electron chi connectivity index (χ2n) is 5.22. The first-order valence-corrected chi connectivity index (χ1v) is 6.68. The van der Waals surface area contributed by atoms with E-state index >= 15 is 0 Å². The number of benzene rings is 1. The number of methoxy groups -OCH3 is 1. The van der Waals surface area contributed by atoms with E-state index in [1.807, 2.05) is 13.0 Å². The van der Waals surface area contributed by atoms with Crippen molar-refractivity contribution >= 4 is 12.3 Å². The van der Waals surface area contributed by atoms with Crippen LogP contribution < -0.4 is 14.9 Å². The van der Waals surface area contributed by atoms with Gasteiger partial charge in [-0.1, -0.05) is 0 Å². The molecule has 0 fully saturated rings.